The van der Waals surface area contributed by atoms with Crippen molar-refractivity contribution in [2.75, 3.05) is 0 Å². The Balaban J connectivity index is 0.000000135. The van der Waals surface area contributed by atoms with E-state index in [4.69, 9.17) is 43.7 Å². The first-order valence-electron chi connectivity index (χ1n) is 31.9. The van der Waals surface area contributed by atoms with Gasteiger partial charge >= 0.3 is 0 Å². The van der Waals surface area contributed by atoms with Crippen molar-refractivity contribution in [2.45, 2.75) is 0 Å². The van der Waals surface area contributed by atoms with E-state index < -0.39 is 0 Å². The fourth-order valence-electron chi connectivity index (χ4n) is 13.8. The van der Waals surface area contributed by atoms with E-state index in [1.54, 1.807) is 0 Å². The van der Waals surface area contributed by atoms with Crippen LogP contribution in [0.15, 0.2) is 318 Å². The van der Waals surface area contributed by atoms with Crippen molar-refractivity contribution in [1.82, 2.24) is 44.0 Å². The Labute approximate surface area is 548 Å². The third kappa shape index (κ3) is 9.16. The van der Waals surface area contributed by atoms with E-state index >= 15 is 0 Å². The molecular weight excluding hydrogens is 1180 g/mol. The van der Waals surface area contributed by atoms with Crippen LogP contribution in [0.4, 0.5) is 0 Å². The Bertz CT molecular complexity index is 6300. The summed E-state index contributed by atoms with van der Waals surface area (Å²) >= 11 is 0. The van der Waals surface area contributed by atoms with E-state index in [1.165, 1.54) is 26.9 Å². The van der Waals surface area contributed by atoms with Gasteiger partial charge in [0, 0.05) is 88.9 Å². The molecule has 0 fully saturated rings. The third-order valence-corrected chi connectivity index (χ3v) is 18.3. The Kier molecular flexibility index (Phi) is 12.6. The van der Waals surface area contributed by atoms with E-state index in [9.17, 15) is 0 Å². The highest BCUT2D eigenvalue weighted by Crippen LogP contribution is 2.44. The fourth-order valence-corrected chi connectivity index (χ4v) is 13.8. The van der Waals surface area contributed by atoms with E-state index in [0.29, 0.717) is 23.3 Å². The van der Waals surface area contributed by atoms with E-state index in [2.05, 4.69) is 173 Å². The predicted octanol–water partition coefficient (Wildman–Crippen LogP) is 21.4. The molecule has 8 heterocycles. The monoisotopic (exact) mass is 1230 g/mol. The molecular formula is C85H51N9O2. The number of fused-ring (bicyclic) bond motifs is 16. The fraction of sp³-hybridized carbons (Fsp3) is 0. The number of benzene rings is 12. The van der Waals surface area contributed by atoms with Crippen LogP contribution in [0.5, 0.6) is 0 Å². The number of hydrogen-bond donors (Lipinski definition) is 0. The average Bonchev–Trinajstić information content (AvgIpc) is 1.56. The summed E-state index contributed by atoms with van der Waals surface area (Å²) in [5.74, 6) is 4.03. The summed E-state index contributed by atoms with van der Waals surface area (Å²) in [7, 11) is 0. The molecule has 8 aromatic heterocycles. The molecule has 20 aromatic rings. The van der Waals surface area contributed by atoms with Gasteiger partial charge in [-0.3, -0.25) is 9.13 Å². The van der Waals surface area contributed by atoms with Crippen LogP contribution in [-0.2, 0) is 0 Å². The SMILES string of the molecule is c1ccc(-c2cc(-c3ccccc3)nc(-c3ccc(-n4c5cc6ccccc6cc5c5cc6oc7ccccc7c6cc54)nc3)n2)cc1.c1ccc(-c2nc(-c3ccccc3)nc(-c3ccc(-n4c5ccc6ccccc6c5c5ccc6c7ccccc7oc6c54)nc3)n2)cc1. The highest BCUT2D eigenvalue weighted by molar-refractivity contribution is 6.27. The van der Waals surface area contributed by atoms with Crippen LogP contribution in [-0.4, -0.2) is 44.0 Å². The second kappa shape index (κ2) is 22.3. The first-order valence-corrected chi connectivity index (χ1v) is 31.9. The Morgan fingerprint density at radius 3 is 1.32 bits per heavy atom. The van der Waals surface area contributed by atoms with Gasteiger partial charge in [-0.2, -0.15) is 0 Å². The molecule has 0 spiro atoms. The smallest absolute Gasteiger partial charge is 0.165 e. The summed E-state index contributed by atoms with van der Waals surface area (Å²) in [4.78, 5) is 34.8. The van der Waals surface area contributed by atoms with Crippen molar-refractivity contribution < 1.29 is 8.83 Å². The zero-order valence-electron chi connectivity index (χ0n) is 51.3. The first-order chi connectivity index (χ1) is 47.6. The molecule has 0 saturated heterocycles. The Hall–Kier alpha value is -13.3. The maximum Gasteiger partial charge on any atom is 0.165 e. The van der Waals surface area contributed by atoms with Crippen molar-refractivity contribution in [2.24, 2.45) is 0 Å². The van der Waals surface area contributed by atoms with Crippen molar-refractivity contribution >= 4 is 109 Å². The second-order valence-corrected chi connectivity index (χ2v) is 24.0. The highest BCUT2D eigenvalue weighted by Gasteiger charge is 2.23. The lowest BCUT2D eigenvalue weighted by Gasteiger charge is -2.11. The largest absolute Gasteiger partial charge is 0.456 e. The molecule has 0 aliphatic carbocycles. The topological polar surface area (TPSA) is 126 Å². The summed E-state index contributed by atoms with van der Waals surface area (Å²) < 4.78 is 17.4. The van der Waals surface area contributed by atoms with Crippen LogP contribution in [0.25, 0.3) is 189 Å². The zero-order valence-corrected chi connectivity index (χ0v) is 51.3. The molecule has 0 unspecified atom stereocenters. The van der Waals surface area contributed by atoms with Crippen LogP contribution >= 0.6 is 0 Å². The molecule has 11 nitrogen and oxygen atoms in total. The summed E-state index contributed by atoms with van der Waals surface area (Å²) in [5.41, 5.74) is 15.0. The molecule has 0 atom stereocenters. The van der Waals surface area contributed by atoms with Gasteiger partial charge < -0.3 is 8.83 Å². The third-order valence-electron chi connectivity index (χ3n) is 18.3. The van der Waals surface area contributed by atoms with Crippen LogP contribution in [0, 0.1) is 0 Å². The van der Waals surface area contributed by atoms with Crippen LogP contribution in [0.1, 0.15) is 0 Å². The van der Waals surface area contributed by atoms with Gasteiger partial charge in [0.15, 0.2) is 28.9 Å². The molecule has 12 aromatic carbocycles. The maximum atomic E-state index is 6.60. The van der Waals surface area contributed by atoms with Crippen molar-refractivity contribution in [3.8, 4) is 79.7 Å². The van der Waals surface area contributed by atoms with Gasteiger partial charge in [-0.15, -0.1) is 0 Å². The summed E-state index contributed by atoms with van der Waals surface area (Å²) in [6.07, 6.45) is 3.74. The lowest BCUT2D eigenvalue weighted by Crippen LogP contribution is -2.01. The number of furan rings is 2. The van der Waals surface area contributed by atoms with Gasteiger partial charge in [-0.25, -0.2) is 34.9 Å². The quantitative estimate of drug-likeness (QED) is 0.146. The van der Waals surface area contributed by atoms with Crippen LogP contribution < -0.4 is 0 Å². The number of nitrogens with zero attached hydrogens (tertiary/aromatic N) is 9. The second-order valence-electron chi connectivity index (χ2n) is 24.0. The number of hydrogen-bond acceptors (Lipinski definition) is 9. The number of rotatable bonds is 8. The van der Waals surface area contributed by atoms with E-state index in [0.717, 1.165) is 139 Å². The van der Waals surface area contributed by atoms with Crippen LogP contribution in [0.3, 0.4) is 0 Å². The van der Waals surface area contributed by atoms with Gasteiger partial charge in [0.2, 0.25) is 0 Å². The molecule has 0 aliphatic rings. The average molecular weight is 1230 g/mol. The number of pyridine rings is 2. The van der Waals surface area contributed by atoms with Crippen molar-refractivity contribution in [1.29, 1.82) is 0 Å². The molecule has 0 radical (unpaired) electrons. The van der Waals surface area contributed by atoms with Gasteiger partial charge in [0.05, 0.1) is 33.5 Å². The number of para-hydroxylation sites is 2. The molecule has 0 N–H and O–H groups in total. The maximum absolute atomic E-state index is 6.60. The minimum absolute atomic E-state index is 0.564. The molecule has 20 rings (SSSR count). The molecule has 96 heavy (non-hydrogen) atoms. The molecule has 0 amide bonds. The normalized spacial score (nSPS) is 11.8. The molecule has 0 saturated carbocycles. The van der Waals surface area contributed by atoms with Gasteiger partial charge in [-0.05, 0) is 100 Å². The lowest BCUT2D eigenvalue weighted by atomic mass is 10.0. The van der Waals surface area contributed by atoms with Crippen molar-refractivity contribution in [3.63, 3.8) is 0 Å². The minimum atomic E-state index is 0.564. The minimum Gasteiger partial charge on any atom is -0.456 e. The summed E-state index contributed by atoms with van der Waals surface area (Å²) in [5, 5.41) is 13.7. The molecule has 0 aliphatic heterocycles. The Morgan fingerprint density at radius 1 is 0.250 bits per heavy atom. The molecule has 0 bridgehead atoms. The highest BCUT2D eigenvalue weighted by atomic mass is 16.3. The number of aromatic nitrogens is 9. The van der Waals surface area contributed by atoms with E-state index in [1.807, 2.05) is 146 Å². The van der Waals surface area contributed by atoms with E-state index in [-0.39, 0.29) is 0 Å². The first kappa shape index (κ1) is 54.5. The summed E-state index contributed by atoms with van der Waals surface area (Å²) in [6, 6.07) is 102. The Morgan fingerprint density at radius 2 is 0.719 bits per heavy atom. The molecule has 11 heteroatoms. The van der Waals surface area contributed by atoms with Crippen LogP contribution in [0.2, 0.25) is 0 Å². The van der Waals surface area contributed by atoms with Crippen molar-refractivity contribution in [3.05, 3.63) is 310 Å². The standard InChI is InChI=1S/C43H26N4O.C42H25N5O/c1-3-11-27(12-4-1)36-25-37(28-13-5-2-6-14-28)46-43(45-36)31-19-20-42(44-26-31)47-38-22-30-16-8-7-15-29(30)21-33(38)34-24-41-35(23-39(34)47)32-17-9-10-18-40(32)48-41;1-3-12-27(13-4-1)40-44-41(28-14-5-2-6-15-28)46-42(45-40)29-20-24-36(43-25-29)47-34-23-19-26-11-7-8-16-30(26)37(34)33-22-21-32-31-17-9-10-18-35(31)48-39(32)38(33)47/h1-26H;1-25H. The lowest BCUT2D eigenvalue weighted by molar-refractivity contribution is 0.669. The zero-order chi connectivity index (χ0) is 63.2. The van der Waals surface area contributed by atoms with Gasteiger partial charge in [0.1, 0.15) is 28.4 Å². The summed E-state index contributed by atoms with van der Waals surface area (Å²) in [6.45, 7) is 0. The molecule has 448 valence electrons. The predicted molar refractivity (Wildman–Crippen MR) is 388 cm³/mol. The van der Waals surface area contributed by atoms with Gasteiger partial charge in [0.25, 0.3) is 0 Å². The van der Waals surface area contributed by atoms with Gasteiger partial charge in [-0.1, -0.05) is 218 Å².